The largest absolute Gasteiger partial charge is 0.440 e. The third kappa shape index (κ3) is 4.49. The third-order valence-electron chi connectivity index (χ3n) is 5.38. The molecule has 0 saturated carbocycles. The molecule has 0 radical (unpaired) electrons. The zero-order valence-electron chi connectivity index (χ0n) is 16.1. The van der Waals surface area contributed by atoms with Gasteiger partial charge in [0.25, 0.3) is 0 Å². The molecule has 0 spiro atoms. The summed E-state index contributed by atoms with van der Waals surface area (Å²) < 4.78 is 5.92. The molecule has 4 nitrogen and oxygen atoms in total. The van der Waals surface area contributed by atoms with Gasteiger partial charge in [0.05, 0.1) is 10.6 Å². The first kappa shape index (κ1) is 18.4. The maximum absolute atomic E-state index is 5.92. The maximum atomic E-state index is 5.92. The normalized spacial score (nSPS) is 18.3. The molecule has 4 rings (SSSR count). The fraction of sp³-hybridized carbons (Fsp3) is 0.409. The number of oxazole rings is 1. The van der Waals surface area contributed by atoms with Gasteiger partial charge in [0, 0.05) is 25.7 Å². The Labute approximate surface area is 165 Å². The molecule has 1 atom stereocenters. The summed E-state index contributed by atoms with van der Waals surface area (Å²) in [5, 5.41) is 2.06. The van der Waals surface area contributed by atoms with E-state index < -0.39 is 0 Å². The lowest BCUT2D eigenvalue weighted by atomic mass is 10.0. The van der Waals surface area contributed by atoms with Crippen LogP contribution in [0.4, 0.5) is 0 Å². The molecular weight excluding hydrogens is 354 g/mol. The molecule has 0 bridgehead atoms. The Morgan fingerprint density at radius 2 is 2.07 bits per heavy atom. The number of piperidine rings is 1. The van der Waals surface area contributed by atoms with E-state index in [1.165, 1.54) is 18.4 Å². The van der Waals surface area contributed by atoms with E-state index in [1.54, 1.807) is 11.3 Å². The van der Waals surface area contributed by atoms with Crippen LogP contribution in [0.25, 0.3) is 10.8 Å². The molecular formula is C22H27N3OS. The van der Waals surface area contributed by atoms with Crippen molar-refractivity contribution in [2.75, 3.05) is 20.1 Å². The molecule has 1 saturated heterocycles. The van der Waals surface area contributed by atoms with E-state index in [-0.39, 0.29) is 0 Å². The fourth-order valence-corrected chi connectivity index (χ4v) is 4.48. The number of aromatic nitrogens is 1. The molecule has 3 aromatic rings. The van der Waals surface area contributed by atoms with Gasteiger partial charge in [0.1, 0.15) is 5.76 Å². The summed E-state index contributed by atoms with van der Waals surface area (Å²) in [6.07, 6.45) is 2.50. The number of hydrogen-bond donors (Lipinski definition) is 0. The standard InChI is InChI=1S/C22H27N3OS/c1-17-20(23-22(26-17)21-11-7-13-27-21)16-25-12-6-10-19(15-25)24(2)14-18-8-4-3-5-9-18/h3-5,7-9,11,13,19H,6,10,12,14-16H2,1-2H3/t19-/m1/s1. The summed E-state index contributed by atoms with van der Waals surface area (Å²) in [6.45, 7) is 6.13. The highest BCUT2D eigenvalue weighted by molar-refractivity contribution is 7.13. The van der Waals surface area contributed by atoms with Gasteiger partial charge in [0.2, 0.25) is 5.89 Å². The Morgan fingerprint density at radius 3 is 2.85 bits per heavy atom. The van der Waals surface area contributed by atoms with E-state index in [2.05, 4.69) is 58.6 Å². The van der Waals surface area contributed by atoms with Crippen LogP contribution in [0.2, 0.25) is 0 Å². The number of thiophene rings is 1. The summed E-state index contributed by atoms with van der Waals surface area (Å²) in [7, 11) is 2.25. The Kier molecular flexibility index (Phi) is 5.72. The highest BCUT2D eigenvalue weighted by Gasteiger charge is 2.25. The fourth-order valence-electron chi connectivity index (χ4n) is 3.83. The van der Waals surface area contributed by atoms with Crippen LogP contribution in [0.1, 0.15) is 29.9 Å². The predicted molar refractivity (Wildman–Crippen MR) is 111 cm³/mol. The van der Waals surface area contributed by atoms with Gasteiger partial charge in [-0.3, -0.25) is 9.80 Å². The predicted octanol–water partition coefficient (Wildman–Crippen LogP) is 4.81. The van der Waals surface area contributed by atoms with Crippen molar-refractivity contribution < 1.29 is 4.42 Å². The van der Waals surface area contributed by atoms with E-state index in [0.717, 1.165) is 48.4 Å². The van der Waals surface area contributed by atoms with Gasteiger partial charge in [-0.15, -0.1) is 11.3 Å². The van der Waals surface area contributed by atoms with Gasteiger partial charge < -0.3 is 4.42 Å². The van der Waals surface area contributed by atoms with Crippen molar-refractivity contribution in [1.82, 2.24) is 14.8 Å². The first-order valence-corrected chi connectivity index (χ1v) is 10.5. The molecule has 1 fully saturated rings. The number of likely N-dealkylation sites (tertiary alicyclic amines) is 1. The van der Waals surface area contributed by atoms with Gasteiger partial charge in [-0.1, -0.05) is 36.4 Å². The second-order valence-corrected chi connectivity index (χ2v) is 8.38. The van der Waals surface area contributed by atoms with Gasteiger partial charge in [-0.2, -0.15) is 0 Å². The summed E-state index contributed by atoms with van der Waals surface area (Å²) >= 11 is 1.67. The van der Waals surface area contributed by atoms with Crippen molar-refractivity contribution >= 4 is 11.3 Å². The van der Waals surface area contributed by atoms with Gasteiger partial charge in [0.15, 0.2) is 0 Å². The minimum atomic E-state index is 0.586. The minimum Gasteiger partial charge on any atom is -0.440 e. The van der Waals surface area contributed by atoms with E-state index in [4.69, 9.17) is 9.40 Å². The lowest BCUT2D eigenvalue weighted by Crippen LogP contribution is -2.45. The van der Waals surface area contributed by atoms with E-state index in [1.807, 2.05) is 13.0 Å². The lowest BCUT2D eigenvalue weighted by molar-refractivity contribution is 0.106. The first-order chi connectivity index (χ1) is 13.2. The van der Waals surface area contributed by atoms with E-state index >= 15 is 0 Å². The average molecular weight is 382 g/mol. The Bertz CT molecular complexity index is 844. The first-order valence-electron chi connectivity index (χ1n) is 9.66. The summed E-state index contributed by atoms with van der Waals surface area (Å²) in [5.41, 5.74) is 2.45. The van der Waals surface area contributed by atoms with Crippen LogP contribution in [-0.2, 0) is 13.1 Å². The Balaban J connectivity index is 1.38. The van der Waals surface area contributed by atoms with E-state index in [9.17, 15) is 0 Å². The van der Waals surface area contributed by atoms with Gasteiger partial charge in [-0.25, -0.2) is 4.98 Å². The van der Waals surface area contributed by atoms with Crippen LogP contribution in [0.5, 0.6) is 0 Å². The van der Waals surface area contributed by atoms with Crippen LogP contribution in [0.15, 0.2) is 52.3 Å². The zero-order chi connectivity index (χ0) is 18.6. The maximum Gasteiger partial charge on any atom is 0.236 e. The number of hydrogen-bond acceptors (Lipinski definition) is 5. The minimum absolute atomic E-state index is 0.586. The van der Waals surface area contributed by atoms with Gasteiger partial charge in [-0.05, 0) is 50.4 Å². The molecule has 1 aliphatic rings. The second kappa shape index (κ2) is 8.38. The van der Waals surface area contributed by atoms with Crippen molar-refractivity contribution in [1.29, 1.82) is 0 Å². The molecule has 1 aliphatic heterocycles. The highest BCUT2D eigenvalue weighted by Crippen LogP contribution is 2.27. The molecule has 142 valence electrons. The quantitative estimate of drug-likeness (QED) is 0.613. The topological polar surface area (TPSA) is 32.5 Å². The van der Waals surface area contributed by atoms with Crippen LogP contribution in [0, 0.1) is 6.92 Å². The van der Waals surface area contributed by atoms with Crippen LogP contribution >= 0.6 is 11.3 Å². The highest BCUT2D eigenvalue weighted by atomic mass is 32.1. The summed E-state index contributed by atoms with van der Waals surface area (Å²) in [4.78, 5) is 10.9. The Morgan fingerprint density at radius 1 is 1.22 bits per heavy atom. The number of likely N-dealkylation sites (N-methyl/N-ethyl adjacent to an activating group) is 1. The lowest BCUT2D eigenvalue weighted by Gasteiger charge is -2.37. The van der Waals surface area contributed by atoms with Crippen molar-refractivity contribution in [3.63, 3.8) is 0 Å². The van der Waals surface area contributed by atoms with Crippen molar-refractivity contribution in [2.24, 2.45) is 0 Å². The molecule has 0 unspecified atom stereocenters. The molecule has 5 heteroatoms. The summed E-state index contributed by atoms with van der Waals surface area (Å²) in [5.74, 6) is 1.70. The average Bonchev–Trinajstić information content (AvgIpc) is 3.33. The molecule has 2 aromatic heterocycles. The number of nitrogens with zero attached hydrogens (tertiary/aromatic N) is 3. The number of aryl methyl sites for hydroxylation is 1. The molecule has 0 amide bonds. The number of rotatable bonds is 6. The van der Waals surface area contributed by atoms with Gasteiger partial charge >= 0.3 is 0 Å². The Hall–Kier alpha value is -1.95. The SMILES string of the molecule is Cc1oc(-c2cccs2)nc1CN1CCC[C@@H](N(C)Cc2ccccc2)C1. The van der Waals surface area contributed by atoms with Crippen molar-refractivity contribution in [2.45, 2.75) is 38.9 Å². The third-order valence-corrected chi connectivity index (χ3v) is 6.23. The molecule has 27 heavy (non-hydrogen) atoms. The molecule has 3 heterocycles. The molecule has 1 aromatic carbocycles. The monoisotopic (exact) mass is 381 g/mol. The molecule has 0 N–H and O–H groups in total. The van der Waals surface area contributed by atoms with Crippen molar-refractivity contribution in [3.05, 3.63) is 64.9 Å². The van der Waals surface area contributed by atoms with Crippen molar-refractivity contribution in [3.8, 4) is 10.8 Å². The van der Waals surface area contributed by atoms with Crippen LogP contribution in [0.3, 0.4) is 0 Å². The van der Waals surface area contributed by atoms with Crippen LogP contribution < -0.4 is 0 Å². The van der Waals surface area contributed by atoms with E-state index in [0.29, 0.717) is 6.04 Å². The van der Waals surface area contributed by atoms with Crippen LogP contribution in [-0.4, -0.2) is 41.0 Å². The zero-order valence-corrected chi connectivity index (χ0v) is 16.9. The summed E-state index contributed by atoms with van der Waals surface area (Å²) in [6, 6.07) is 15.4. The number of benzene rings is 1. The second-order valence-electron chi connectivity index (χ2n) is 7.43. The molecule has 0 aliphatic carbocycles. The smallest absolute Gasteiger partial charge is 0.236 e.